The first kappa shape index (κ1) is 17.9. The fourth-order valence-electron chi connectivity index (χ4n) is 3.24. The van der Waals surface area contributed by atoms with Gasteiger partial charge in [0.1, 0.15) is 0 Å². The molecule has 2 rings (SSSR count). The topological polar surface area (TPSA) is 70.8 Å². The zero-order chi connectivity index (χ0) is 16.9. The summed E-state index contributed by atoms with van der Waals surface area (Å²) in [6.07, 6.45) is 5.96. The average Bonchev–Trinajstić information content (AvgIpc) is 2.91. The summed E-state index contributed by atoms with van der Waals surface area (Å²) in [5.41, 5.74) is 0.465. The van der Waals surface area contributed by atoms with Crippen LogP contribution in [0.25, 0.3) is 0 Å². The molecular weight excluding hydrogens is 296 g/mol. The second kappa shape index (κ2) is 7.90. The van der Waals surface area contributed by atoms with Gasteiger partial charge in [-0.3, -0.25) is 14.4 Å². The van der Waals surface area contributed by atoms with Gasteiger partial charge in [-0.1, -0.05) is 0 Å². The van der Waals surface area contributed by atoms with E-state index in [1.165, 1.54) is 7.11 Å². The van der Waals surface area contributed by atoms with Gasteiger partial charge >= 0.3 is 5.97 Å². The zero-order valence-corrected chi connectivity index (χ0v) is 14.4. The van der Waals surface area contributed by atoms with E-state index in [0.717, 1.165) is 31.5 Å². The molecule has 0 amide bonds. The van der Waals surface area contributed by atoms with Gasteiger partial charge in [0.15, 0.2) is 0 Å². The van der Waals surface area contributed by atoms with E-state index >= 15 is 0 Å². The van der Waals surface area contributed by atoms with Crippen molar-refractivity contribution in [1.82, 2.24) is 19.6 Å². The van der Waals surface area contributed by atoms with Crippen LogP contribution < -0.4 is 0 Å². The molecule has 1 saturated heterocycles. The molecular formula is C16H28N4O3. The summed E-state index contributed by atoms with van der Waals surface area (Å²) in [6, 6.07) is 0. The molecule has 1 N–H and O–H groups in total. The maximum absolute atomic E-state index is 11.2. The summed E-state index contributed by atoms with van der Waals surface area (Å²) in [4.78, 5) is 15.5. The first-order chi connectivity index (χ1) is 10.9. The van der Waals surface area contributed by atoms with Crippen LogP contribution in [0.3, 0.4) is 0 Å². The van der Waals surface area contributed by atoms with Gasteiger partial charge in [0.05, 0.1) is 31.9 Å². The Bertz CT molecular complexity index is 517. The van der Waals surface area contributed by atoms with Crippen LogP contribution in [0, 0.1) is 0 Å². The number of hydrogen-bond acceptors (Lipinski definition) is 6. The molecule has 0 saturated carbocycles. The van der Waals surface area contributed by atoms with Crippen LogP contribution in [0.15, 0.2) is 12.4 Å². The second-order valence-electron chi connectivity index (χ2n) is 6.71. The van der Waals surface area contributed by atoms with Crippen molar-refractivity contribution in [3.8, 4) is 0 Å². The van der Waals surface area contributed by atoms with Crippen molar-refractivity contribution < 1.29 is 14.6 Å². The summed E-state index contributed by atoms with van der Waals surface area (Å²) >= 11 is 0. The zero-order valence-electron chi connectivity index (χ0n) is 14.4. The molecule has 0 spiro atoms. The van der Waals surface area contributed by atoms with Crippen LogP contribution in [0.5, 0.6) is 0 Å². The molecule has 0 bridgehead atoms. The first-order valence-corrected chi connectivity index (χ1v) is 8.08. The van der Waals surface area contributed by atoms with E-state index < -0.39 is 5.60 Å². The summed E-state index contributed by atoms with van der Waals surface area (Å²) in [5.74, 6) is -0.230. The largest absolute Gasteiger partial charge is 0.469 e. The van der Waals surface area contributed by atoms with Crippen LogP contribution in [0.4, 0.5) is 0 Å². The number of carbonyl (C=O) groups excluding carboxylic acids is 1. The summed E-state index contributed by atoms with van der Waals surface area (Å²) in [6.45, 7) is 3.65. The van der Waals surface area contributed by atoms with Crippen molar-refractivity contribution in [2.75, 3.05) is 40.8 Å². The Morgan fingerprint density at radius 3 is 3.00 bits per heavy atom. The lowest BCUT2D eigenvalue weighted by atomic mass is 9.92. The highest BCUT2D eigenvalue weighted by molar-refractivity contribution is 5.68. The standard InChI is InChI=1S/C16H28N4O3/c1-18(2)12-16(22)6-4-7-19(13-16)10-14-9-17-20(11-14)8-5-15(21)23-3/h9,11,22H,4-8,10,12-13H2,1-3H3/t16-/m0/s1. The van der Waals surface area contributed by atoms with Crippen molar-refractivity contribution in [3.63, 3.8) is 0 Å². The van der Waals surface area contributed by atoms with Crippen molar-refractivity contribution in [2.24, 2.45) is 0 Å². The summed E-state index contributed by atoms with van der Waals surface area (Å²) in [5, 5.41) is 15.0. The van der Waals surface area contributed by atoms with Gasteiger partial charge in [0.2, 0.25) is 0 Å². The molecule has 1 atom stereocenters. The number of methoxy groups -OCH3 is 1. The number of aliphatic hydroxyl groups is 1. The molecule has 7 heteroatoms. The number of esters is 1. The normalized spacial score (nSPS) is 22.5. The van der Waals surface area contributed by atoms with E-state index in [-0.39, 0.29) is 5.97 Å². The predicted octanol–water partition coefficient (Wildman–Crippen LogP) is 0.335. The van der Waals surface area contributed by atoms with Gasteiger partial charge < -0.3 is 14.7 Å². The summed E-state index contributed by atoms with van der Waals surface area (Å²) in [7, 11) is 5.37. The van der Waals surface area contributed by atoms with E-state index in [2.05, 4.69) is 14.7 Å². The third-order valence-corrected chi connectivity index (χ3v) is 4.11. The van der Waals surface area contributed by atoms with Crippen LogP contribution >= 0.6 is 0 Å². The van der Waals surface area contributed by atoms with Crippen LogP contribution in [-0.2, 0) is 22.6 Å². The fraction of sp³-hybridized carbons (Fsp3) is 0.750. The van der Waals surface area contributed by atoms with Gasteiger partial charge in [-0.25, -0.2) is 0 Å². The third kappa shape index (κ3) is 5.60. The molecule has 23 heavy (non-hydrogen) atoms. The Morgan fingerprint density at radius 2 is 2.30 bits per heavy atom. The molecule has 7 nitrogen and oxygen atoms in total. The number of β-amino-alcohol motifs (C(OH)–C–C–N with tert-alkyl or cyclic N) is 1. The molecule has 1 aliphatic heterocycles. The minimum atomic E-state index is -0.636. The average molecular weight is 324 g/mol. The molecule has 0 aromatic carbocycles. The van der Waals surface area contributed by atoms with E-state index in [9.17, 15) is 9.90 Å². The van der Waals surface area contributed by atoms with Gasteiger partial charge in [-0.2, -0.15) is 5.10 Å². The highest BCUT2D eigenvalue weighted by atomic mass is 16.5. The fourth-order valence-corrected chi connectivity index (χ4v) is 3.24. The maximum Gasteiger partial charge on any atom is 0.307 e. The molecule has 2 heterocycles. The van der Waals surface area contributed by atoms with Gasteiger partial charge in [0.25, 0.3) is 0 Å². The van der Waals surface area contributed by atoms with E-state index in [1.54, 1.807) is 4.68 Å². The van der Waals surface area contributed by atoms with Gasteiger partial charge in [-0.15, -0.1) is 0 Å². The Morgan fingerprint density at radius 1 is 1.52 bits per heavy atom. The Balaban J connectivity index is 1.87. The monoisotopic (exact) mass is 324 g/mol. The van der Waals surface area contributed by atoms with Crippen molar-refractivity contribution in [2.45, 2.75) is 38.0 Å². The summed E-state index contributed by atoms with van der Waals surface area (Å²) < 4.78 is 6.40. The molecule has 0 aliphatic carbocycles. The van der Waals surface area contributed by atoms with Crippen molar-refractivity contribution in [1.29, 1.82) is 0 Å². The minimum Gasteiger partial charge on any atom is -0.469 e. The molecule has 130 valence electrons. The molecule has 1 aliphatic rings. The number of hydrogen-bond donors (Lipinski definition) is 1. The van der Waals surface area contributed by atoms with Crippen LogP contribution in [0.2, 0.25) is 0 Å². The number of aromatic nitrogens is 2. The number of aryl methyl sites for hydroxylation is 1. The lowest BCUT2D eigenvalue weighted by Gasteiger charge is -2.40. The van der Waals surface area contributed by atoms with Crippen molar-refractivity contribution >= 4 is 5.97 Å². The SMILES string of the molecule is COC(=O)CCn1cc(CN2CCC[C@](O)(CN(C)C)C2)cn1. The highest BCUT2D eigenvalue weighted by Gasteiger charge is 2.33. The maximum atomic E-state index is 11.2. The van der Waals surface area contributed by atoms with Gasteiger partial charge in [0, 0.05) is 31.4 Å². The number of carbonyl (C=O) groups is 1. The molecule has 0 radical (unpaired) electrons. The number of nitrogens with zero attached hydrogens (tertiary/aromatic N) is 4. The van der Waals surface area contributed by atoms with E-state index in [0.29, 0.717) is 26.1 Å². The first-order valence-electron chi connectivity index (χ1n) is 8.08. The Hall–Kier alpha value is -1.44. The minimum absolute atomic E-state index is 0.230. The smallest absolute Gasteiger partial charge is 0.307 e. The lowest BCUT2D eigenvalue weighted by Crippen LogP contribution is -2.52. The third-order valence-electron chi connectivity index (χ3n) is 4.11. The number of ether oxygens (including phenoxy) is 1. The molecule has 1 fully saturated rings. The molecule has 1 aromatic rings. The van der Waals surface area contributed by atoms with E-state index in [1.807, 2.05) is 31.4 Å². The number of likely N-dealkylation sites (tertiary alicyclic amines) is 1. The highest BCUT2D eigenvalue weighted by Crippen LogP contribution is 2.23. The predicted molar refractivity (Wildman–Crippen MR) is 86.9 cm³/mol. The molecule has 1 aromatic heterocycles. The number of rotatable bonds is 7. The van der Waals surface area contributed by atoms with Crippen molar-refractivity contribution in [3.05, 3.63) is 18.0 Å². The van der Waals surface area contributed by atoms with Crippen LogP contribution in [-0.4, -0.2) is 77.1 Å². The van der Waals surface area contributed by atoms with Gasteiger partial charge in [-0.05, 0) is 33.5 Å². The Labute approximate surface area is 137 Å². The number of piperidine rings is 1. The molecule has 0 unspecified atom stereocenters. The van der Waals surface area contributed by atoms with Crippen LogP contribution in [0.1, 0.15) is 24.8 Å². The quantitative estimate of drug-likeness (QED) is 0.729. The second-order valence-corrected chi connectivity index (χ2v) is 6.71. The lowest BCUT2D eigenvalue weighted by molar-refractivity contribution is -0.140. The number of likely N-dealkylation sites (N-methyl/N-ethyl adjacent to an activating group) is 1. The Kier molecular flexibility index (Phi) is 6.15. The van der Waals surface area contributed by atoms with E-state index in [4.69, 9.17) is 0 Å².